The molecule has 9 rings (SSSR count). The molecule has 1 N–H and O–H groups in total. The van der Waals surface area contributed by atoms with Gasteiger partial charge in [0.05, 0.1) is 28.1 Å². The number of halogens is 4. The van der Waals surface area contributed by atoms with E-state index in [1.807, 2.05) is 47.1 Å². The van der Waals surface area contributed by atoms with E-state index in [2.05, 4.69) is 71.3 Å². The minimum atomic E-state index is -4.52. The van der Waals surface area contributed by atoms with Crippen LogP contribution in [-0.2, 0) is 19.3 Å². The lowest BCUT2D eigenvalue weighted by atomic mass is 9.82. The number of aromatic nitrogens is 1. The topological polar surface area (TPSA) is 60.8 Å². The van der Waals surface area contributed by atoms with Gasteiger partial charge in [0.1, 0.15) is 5.82 Å². The van der Waals surface area contributed by atoms with Crippen molar-refractivity contribution in [2.45, 2.75) is 58.3 Å². The van der Waals surface area contributed by atoms with E-state index in [1.165, 1.54) is 23.8 Å². The maximum atomic E-state index is 14.1. The van der Waals surface area contributed by atoms with E-state index in [4.69, 9.17) is 4.42 Å². The van der Waals surface area contributed by atoms with Gasteiger partial charge in [-0.15, -0.1) is 0 Å². The van der Waals surface area contributed by atoms with E-state index >= 15 is 0 Å². The number of hydrogen-bond donors (Lipinski definition) is 1. The Morgan fingerprint density at radius 1 is 0.767 bits per heavy atom. The summed E-state index contributed by atoms with van der Waals surface area (Å²) in [5, 5.41) is 9.71. The van der Waals surface area contributed by atoms with E-state index in [0.717, 1.165) is 101 Å². The average molecular weight is 918 g/mol. The van der Waals surface area contributed by atoms with Gasteiger partial charge in [-0.2, -0.15) is 17.7 Å². The molecule has 3 heterocycles. The third kappa shape index (κ3) is 7.92. The maximum absolute atomic E-state index is 14.1. The summed E-state index contributed by atoms with van der Waals surface area (Å²) < 4.78 is 51.2. The van der Waals surface area contributed by atoms with Gasteiger partial charge in [-0.25, -0.2) is 4.79 Å². The van der Waals surface area contributed by atoms with Gasteiger partial charge in [0.25, 0.3) is 5.52 Å². The quantitative estimate of drug-likeness (QED) is 0.122. The molecule has 3 aliphatic rings. The molecule has 10 heteroatoms. The van der Waals surface area contributed by atoms with Gasteiger partial charge in [0, 0.05) is 25.6 Å². The Bertz CT molecular complexity index is 2720. The SMILES string of the molecule is CCN1C(=CC=C2CCCC(C=C3CCC[n+]4c3oc3ccc(-c5ccccc5)cc34)=C2c2ccccc2)N(Cc2cccc(C(=O)O)c2)c2cc(C(F)(F)F)ccc21.[I-]. The lowest BCUT2D eigenvalue weighted by molar-refractivity contribution is -0.682. The molecule has 0 saturated carbocycles. The van der Waals surface area contributed by atoms with Gasteiger partial charge in [-0.1, -0.05) is 84.9 Å². The van der Waals surface area contributed by atoms with Crippen LogP contribution in [0, 0.1) is 0 Å². The molecular weight excluding hydrogens is 874 g/mol. The Hall–Kier alpha value is -5.88. The molecule has 6 aromatic rings. The molecule has 6 nitrogen and oxygen atoms in total. The second-order valence-corrected chi connectivity index (χ2v) is 15.3. The van der Waals surface area contributed by atoms with Crippen LogP contribution in [0.1, 0.15) is 72.0 Å². The van der Waals surface area contributed by atoms with Crippen molar-refractivity contribution in [2.24, 2.45) is 0 Å². The molecule has 2 aliphatic heterocycles. The predicted octanol–water partition coefficient (Wildman–Crippen LogP) is 9.24. The van der Waals surface area contributed by atoms with E-state index in [1.54, 1.807) is 18.2 Å². The van der Waals surface area contributed by atoms with Crippen molar-refractivity contribution in [3.63, 3.8) is 0 Å². The molecule has 0 atom stereocenters. The number of allylic oxidation sites excluding steroid dienone is 7. The summed E-state index contributed by atoms with van der Waals surface area (Å²) in [5.41, 5.74) is 11.2. The summed E-state index contributed by atoms with van der Waals surface area (Å²) in [6.45, 7) is 3.55. The van der Waals surface area contributed by atoms with Crippen LogP contribution in [0.2, 0.25) is 0 Å². The lowest BCUT2D eigenvalue weighted by Gasteiger charge is -2.26. The molecule has 0 fully saturated rings. The third-order valence-electron chi connectivity index (χ3n) is 11.6. The van der Waals surface area contributed by atoms with Crippen LogP contribution in [0.4, 0.5) is 24.5 Å². The van der Waals surface area contributed by atoms with Crippen LogP contribution in [0.15, 0.2) is 161 Å². The fourth-order valence-corrected chi connectivity index (χ4v) is 8.82. The van der Waals surface area contributed by atoms with Crippen LogP contribution >= 0.6 is 0 Å². The first-order valence-corrected chi connectivity index (χ1v) is 20.2. The minimum absolute atomic E-state index is 0. The van der Waals surface area contributed by atoms with Crippen molar-refractivity contribution in [3.8, 4) is 11.1 Å². The van der Waals surface area contributed by atoms with Crippen molar-refractivity contribution in [3.05, 3.63) is 185 Å². The summed E-state index contributed by atoms with van der Waals surface area (Å²) in [6, 6.07) is 37.6. The van der Waals surface area contributed by atoms with Gasteiger partial charge < -0.3 is 43.3 Å². The molecule has 0 radical (unpaired) electrons. The number of aryl methyl sites for hydroxylation is 1. The number of nitrogens with zero attached hydrogens (tertiary/aromatic N) is 3. The van der Waals surface area contributed by atoms with Gasteiger partial charge >= 0.3 is 18.0 Å². The molecule has 1 aliphatic carbocycles. The number of anilines is 2. The Morgan fingerprint density at radius 2 is 1.52 bits per heavy atom. The number of carboxylic acid groups (broad SMARTS) is 1. The molecule has 0 spiro atoms. The smallest absolute Gasteiger partial charge is 0.416 e. The molecule has 1 aromatic heterocycles. The molecule has 0 amide bonds. The highest BCUT2D eigenvalue weighted by Crippen LogP contribution is 2.46. The second-order valence-electron chi connectivity index (χ2n) is 15.3. The van der Waals surface area contributed by atoms with Crippen molar-refractivity contribution in [1.82, 2.24) is 0 Å². The second kappa shape index (κ2) is 17.0. The van der Waals surface area contributed by atoms with Crippen molar-refractivity contribution in [2.75, 3.05) is 16.3 Å². The standard InChI is InChI=1S/C50H42F3N3O3.HI/c1-2-54-42-24-23-41(50(51,52)53)31-43(42)56(32-33-12-9-19-40(28-33)49(57)58)46(54)26-22-36-17-10-18-38(47(36)35-15-7-4-8-16-35)29-39-20-11-27-55-44-30-37(34-13-5-3-6-14-34)21-25-45(44)59-48(39)55;/h3-9,12-16,19,21-26,28-31H,2,10-11,17-18,20,27,32H2,1H3;1H. The highest BCUT2D eigenvalue weighted by molar-refractivity contribution is 5.89. The van der Waals surface area contributed by atoms with E-state index in [9.17, 15) is 23.1 Å². The number of carboxylic acids is 1. The number of rotatable bonds is 8. The third-order valence-corrected chi connectivity index (χ3v) is 11.6. The van der Waals surface area contributed by atoms with E-state index in [-0.39, 0.29) is 36.1 Å². The van der Waals surface area contributed by atoms with Crippen LogP contribution in [-0.4, -0.2) is 17.6 Å². The Balaban J connectivity index is 0.00000499. The molecule has 0 unspecified atom stereocenters. The largest absolute Gasteiger partial charge is 1.00 e. The van der Waals surface area contributed by atoms with Gasteiger partial charge in [-0.3, -0.25) is 0 Å². The first-order valence-electron chi connectivity index (χ1n) is 20.2. The van der Waals surface area contributed by atoms with E-state index < -0.39 is 17.7 Å². The summed E-state index contributed by atoms with van der Waals surface area (Å²) in [4.78, 5) is 15.8. The fraction of sp³-hybridized carbons (Fsp3) is 0.200. The molecule has 304 valence electrons. The van der Waals surface area contributed by atoms with Crippen molar-refractivity contribution < 1.29 is 56.0 Å². The minimum Gasteiger partial charge on any atom is -1.00 e. The highest BCUT2D eigenvalue weighted by Gasteiger charge is 2.37. The Labute approximate surface area is 364 Å². The number of hydrogen-bond acceptors (Lipinski definition) is 4. The van der Waals surface area contributed by atoms with Crippen LogP contribution in [0.5, 0.6) is 0 Å². The molecule has 0 saturated heterocycles. The van der Waals surface area contributed by atoms with E-state index in [0.29, 0.717) is 23.5 Å². The monoisotopic (exact) mass is 917 g/mol. The molecule has 5 aromatic carbocycles. The number of aromatic carboxylic acids is 1. The first-order chi connectivity index (χ1) is 28.7. The fourth-order valence-electron chi connectivity index (χ4n) is 8.82. The lowest BCUT2D eigenvalue weighted by Crippen LogP contribution is -3.00. The normalized spacial score (nSPS) is 17.4. The Morgan fingerprint density at radius 3 is 2.25 bits per heavy atom. The summed E-state index contributed by atoms with van der Waals surface area (Å²) in [5.74, 6) is 0.545. The Kier molecular flexibility index (Phi) is 11.6. The highest BCUT2D eigenvalue weighted by atomic mass is 127. The number of carbonyl (C=O) groups is 1. The zero-order valence-electron chi connectivity index (χ0n) is 33.1. The van der Waals surface area contributed by atoms with Gasteiger partial charge in [0.15, 0.2) is 6.54 Å². The van der Waals surface area contributed by atoms with Crippen LogP contribution in [0.25, 0.3) is 33.4 Å². The number of alkyl halides is 3. The molecular formula is C50H43F3IN3O3. The summed E-state index contributed by atoms with van der Waals surface area (Å²) >= 11 is 0. The number of fused-ring (bicyclic) bond motifs is 4. The van der Waals surface area contributed by atoms with Crippen LogP contribution < -0.4 is 38.3 Å². The van der Waals surface area contributed by atoms with Crippen molar-refractivity contribution in [1.29, 1.82) is 0 Å². The number of benzene rings is 5. The zero-order chi connectivity index (χ0) is 40.7. The van der Waals surface area contributed by atoms with Gasteiger partial charge in [0.2, 0.25) is 5.58 Å². The first kappa shape index (κ1) is 40.9. The van der Waals surface area contributed by atoms with Crippen LogP contribution in [0.3, 0.4) is 0 Å². The maximum Gasteiger partial charge on any atom is 0.416 e. The van der Waals surface area contributed by atoms with Gasteiger partial charge in [-0.05, 0) is 120 Å². The predicted molar refractivity (Wildman–Crippen MR) is 226 cm³/mol. The average Bonchev–Trinajstić information content (AvgIpc) is 3.78. The molecule has 0 bridgehead atoms. The number of oxazole rings is 1. The zero-order valence-corrected chi connectivity index (χ0v) is 35.2. The summed E-state index contributed by atoms with van der Waals surface area (Å²) in [6.07, 6.45) is 6.48. The van der Waals surface area contributed by atoms with Crippen molar-refractivity contribution >= 4 is 39.6 Å². The molecule has 60 heavy (non-hydrogen) atoms. The summed E-state index contributed by atoms with van der Waals surface area (Å²) in [7, 11) is 0.